The first kappa shape index (κ1) is 18.4. The zero-order valence-electron chi connectivity index (χ0n) is 14.6. The number of hydrogen-bond acceptors (Lipinski definition) is 6. The Balaban J connectivity index is 1.69. The molecule has 0 radical (unpaired) electrons. The third-order valence-corrected chi connectivity index (χ3v) is 4.44. The minimum atomic E-state index is -0.554. The van der Waals surface area contributed by atoms with Crippen molar-refractivity contribution in [2.75, 3.05) is 49.1 Å². The quantitative estimate of drug-likeness (QED) is 0.785. The topological polar surface area (TPSA) is 97.1 Å². The third kappa shape index (κ3) is 4.05. The van der Waals surface area contributed by atoms with E-state index in [0.29, 0.717) is 37.6 Å². The van der Waals surface area contributed by atoms with Crippen LogP contribution in [0.1, 0.15) is 6.92 Å². The van der Waals surface area contributed by atoms with Crippen molar-refractivity contribution >= 4 is 23.4 Å². The molecule has 9 heteroatoms. The number of ether oxygens (including phenoxy) is 2. The summed E-state index contributed by atoms with van der Waals surface area (Å²) in [7, 11) is 0. The van der Waals surface area contributed by atoms with Gasteiger partial charge in [0.1, 0.15) is 11.9 Å². The van der Waals surface area contributed by atoms with Crippen LogP contribution in [0.5, 0.6) is 0 Å². The van der Waals surface area contributed by atoms with E-state index in [1.54, 1.807) is 12.1 Å². The maximum Gasteiger partial charge on any atom is 0.414 e. The van der Waals surface area contributed by atoms with Gasteiger partial charge < -0.3 is 25.4 Å². The number of benzene rings is 1. The highest BCUT2D eigenvalue weighted by Crippen LogP contribution is 2.28. The molecule has 2 aliphatic rings. The highest BCUT2D eigenvalue weighted by molar-refractivity contribution is 5.90. The molecule has 26 heavy (non-hydrogen) atoms. The van der Waals surface area contributed by atoms with Crippen molar-refractivity contribution in [2.24, 2.45) is 5.73 Å². The first-order valence-corrected chi connectivity index (χ1v) is 8.56. The van der Waals surface area contributed by atoms with Crippen LogP contribution in [-0.4, -0.2) is 63.5 Å². The molecule has 0 spiro atoms. The Morgan fingerprint density at radius 1 is 1.38 bits per heavy atom. The molecule has 2 aliphatic heterocycles. The highest BCUT2D eigenvalue weighted by Gasteiger charge is 2.33. The van der Waals surface area contributed by atoms with Crippen molar-refractivity contribution in [1.82, 2.24) is 5.32 Å². The summed E-state index contributed by atoms with van der Waals surface area (Å²) in [4.78, 5) is 26.3. The minimum absolute atomic E-state index is 0.120. The second-order valence-corrected chi connectivity index (χ2v) is 6.36. The Bertz CT molecular complexity index is 687. The Labute approximate surface area is 151 Å². The van der Waals surface area contributed by atoms with E-state index >= 15 is 0 Å². The number of hydrogen-bond donors (Lipinski definition) is 2. The lowest BCUT2D eigenvalue weighted by atomic mass is 10.2. The van der Waals surface area contributed by atoms with E-state index in [1.807, 2.05) is 4.90 Å². The molecular formula is C17H23FN4O4. The molecule has 0 aromatic heterocycles. The van der Waals surface area contributed by atoms with Gasteiger partial charge >= 0.3 is 6.09 Å². The number of nitrogens with zero attached hydrogens (tertiary/aromatic N) is 2. The van der Waals surface area contributed by atoms with E-state index < -0.39 is 18.0 Å². The van der Waals surface area contributed by atoms with Crippen LogP contribution in [-0.2, 0) is 14.3 Å². The van der Waals surface area contributed by atoms with Crippen LogP contribution in [0, 0.1) is 5.82 Å². The first-order valence-electron chi connectivity index (χ1n) is 8.56. The van der Waals surface area contributed by atoms with E-state index in [4.69, 9.17) is 15.2 Å². The number of morpholine rings is 1. The predicted octanol–water partition coefficient (Wildman–Crippen LogP) is 0.451. The van der Waals surface area contributed by atoms with Crippen molar-refractivity contribution in [1.29, 1.82) is 0 Å². The zero-order chi connectivity index (χ0) is 18.7. The number of nitrogens with one attached hydrogen (secondary N) is 1. The SMILES string of the molecule is CC(=O)NC[C@H]1CN(c2ccc(N3CCO[C@H](CN)C3)c(F)c2)C(=O)O1. The fourth-order valence-corrected chi connectivity index (χ4v) is 3.10. The molecule has 0 saturated carbocycles. The normalized spacial score (nSPS) is 23.1. The molecule has 0 aliphatic carbocycles. The second kappa shape index (κ2) is 7.88. The molecule has 2 saturated heterocycles. The Morgan fingerprint density at radius 2 is 2.19 bits per heavy atom. The van der Waals surface area contributed by atoms with Crippen molar-refractivity contribution in [2.45, 2.75) is 19.1 Å². The molecule has 142 valence electrons. The van der Waals surface area contributed by atoms with Gasteiger partial charge in [0.15, 0.2) is 0 Å². The molecule has 3 N–H and O–H groups in total. The van der Waals surface area contributed by atoms with E-state index in [0.717, 1.165) is 0 Å². The van der Waals surface area contributed by atoms with Gasteiger partial charge in [0, 0.05) is 26.6 Å². The van der Waals surface area contributed by atoms with E-state index in [9.17, 15) is 14.0 Å². The number of anilines is 2. The van der Waals surface area contributed by atoms with Crippen LogP contribution in [0.3, 0.4) is 0 Å². The van der Waals surface area contributed by atoms with E-state index in [1.165, 1.54) is 17.9 Å². The van der Waals surface area contributed by atoms with Gasteiger partial charge in [0.2, 0.25) is 5.91 Å². The summed E-state index contributed by atoms with van der Waals surface area (Å²) in [6.45, 7) is 3.85. The summed E-state index contributed by atoms with van der Waals surface area (Å²) in [6, 6.07) is 4.66. The van der Waals surface area contributed by atoms with Crippen LogP contribution in [0.25, 0.3) is 0 Å². The molecular weight excluding hydrogens is 343 g/mol. The van der Waals surface area contributed by atoms with Crippen molar-refractivity contribution in [3.63, 3.8) is 0 Å². The number of nitrogens with two attached hydrogens (primary N) is 1. The molecule has 1 aromatic carbocycles. The van der Waals surface area contributed by atoms with Gasteiger partial charge in [0.25, 0.3) is 0 Å². The third-order valence-electron chi connectivity index (χ3n) is 4.44. The van der Waals surface area contributed by atoms with E-state index in [-0.39, 0.29) is 25.1 Å². The fraction of sp³-hybridized carbons (Fsp3) is 0.529. The van der Waals surface area contributed by atoms with Gasteiger partial charge in [-0.2, -0.15) is 0 Å². The van der Waals surface area contributed by atoms with Crippen LogP contribution in [0.15, 0.2) is 18.2 Å². The zero-order valence-corrected chi connectivity index (χ0v) is 14.6. The fourth-order valence-electron chi connectivity index (χ4n) is 3.10. The molecule has 2 atom stereocenters. The largest absolute Gasteiger partial charge is 0.442 e. The average molecular weight is 366 g/mol. The highest BCUT2D eigenvalue weighted by atomic mass is 19.1. The number of cyclic esters (lactones) is 1. The monoisotopic (exact) mass is 366 g/mol. The summed E-state index contributed by atoms with van der Waals surface area (Å²) in [5.74, 6) is -0.616. The number of amides is 2. The molecule has 0 bridgehead atoms. The Hall–Kier alpha value is -2.39. The summed E-state index contributed by atoms with van der Waals surface area (Å²) in [5, 5.41) is 2.61. The van der Waals surface area contributed by atoms with Gasteiger partial charge in [-0.15, -0.1) is 0 Å². The second-order valence-electron chi connectivity index (χ2n) is 6.36. The lowest BCUT2D eigenvalue weighted by molar-refractivity contribution is -0.119. The van der Waals surface area contributed by atoms with Crippen molar-refractivity contribution in [3.8, 4) is 0 Å². The molecule has 8 nitrogen and oxygen atoms in total. The summed E-state index contributed by atoms with van der Waals surface area (Å²) < 4.78 is 25.4. The molecule has 2 fully saturated rings. The van der Waals surface area contributed by atoms with Crippen LogP contribution in [0.4, 0.5) is 20.6 Å². The Morgan fingerprint density at radius 3 is 2.88 bits per heavy atom. The number of rotatable bonds is 5. The minimum Gasteiger partial charge on any atom is -0.442 e. The lowest BCUT2D eigenvalue weighted by Gasteiger charge is -2.34. The van der Waals surface area contributed by atoms with Gasteiger partial charge in [-0.25, -0.2) is 9.18 Å². The summed E-state index contributed by atoms with van der Waals surface area (Å²) >= 11 is 0. The maximum absolute atomic E-state index is 14.6. The van der Waals surface area contributed by atoms with Gasteiger partial charge in [-0.3, -0.25) is 9.69 Å². The van der Waals surface area contributed by atoms with Crippen molar-refractivity contribution < 1.29 is 23.5 Å². The number of carbonyl (C=O) groups is 2. The van der Waals surface area contributed by atoms with Gasteiger partial charge in [-0.05, 0) is 18.2 Å². The molecule has 2 amide bonds. The van der Waals surface area contributed by atoms with Crippen LogP contribution in [0.2, 0.25) is 0 Å². The first-order chi connectivity index (χ1) is 12.5. The molecule has 0 unspecified atom stereocenters. The van der Waals surface area contributed by atoms with Gasteiger partial charge in [0.05, 0.1) is 37.2 Å². The predicted molar refractivity (Wildman–Crippen MR) is 93.7 cm³/mol. The van der Waals surface area contributed by atoms with Crippen LogP contribution >= 0.6 is 0 Å². The van der Waals surface area contributed by atoms with E-state index in [2.05, 4.69) is 5.32 Å². The number of carbonyl (C=O) groups excluding carboxylic acids is 2. The lowest BCUT2D eigenvalue weighted by Crippen LogP contribution is -2.46. The molecule has 2 heterocycles. The Kier molecular flexibility index (Phi) is 5.58. The smallest absolute Gasteiger partial charge is 0.414 e. The summed E-state index contributed by atoms with van der Waals surface area (Å²) in [6.07, 6.45) is -1.13. The summed E-state index contributed by atoms with van der Waals surface area (Å²) in [5.41, 5.74) is 6.51. The van der Waals surface area contributed by atoms with Crippen molar-refractivity contribution in [3.05, 3.63) is 24.0 Å². The molecule has 3 rings (SSSR count). The average Bonchev–Trinajstić information content (AvgIpc) is 3.00. The molecule has 1 aromatic rings. The van der Waals surface area contributed by atoms with Gasteiger partial charge in [-0.1, -0.05) is 0 Å². The standard InChI is InChI=1S/C17H23FN4O4/c1-11(23)20-8-14-10-22(17(24)26-14)12-2-3-16(15(18)6-12)21-4-5-25-13(7-19)9-21/h2-3,6,13-14H,4-5,7-10,19H2,1H3,(H,20,23)/t13-,14+/m1/s1. The number of halogens is 1. The maximum atomic E-state index is 14.6. The van der Waals surface area contributed by atoms with Crippen LogP contribution < -0.4 is 20.9 Å².